The zero-order valence-corrected chi connectivity index (χ0v) is 20.2. The Kier molecular flexibility index (Phi) is 13.3. The second kappa shape index (κ2) is 15.1. The largest absolute Gasteiger partial charge is 0.252 e. The summed E-state index contributed by atoms with van der Waals surface area (Å²) in [7, 11) is 0. The van der Waals surface area contributed by atoms with Gasteiger partial charge in [0.05, 0.1) is 22.8 Å². The monoisotopic (exact) mass is 448 g/mol. The van der Waals surface area contributed by atoms with E-state index < -0.39 is 0 Å². The van der Waals surface area contributed by atoms with Crippen molar-refractivity contribution in [2.45, 2.75) is 85.5 Å². The third-order valence-corrected chi connectivity index (χ3v) is 5.28. The van der Waals surface area contributed by atoms with Gasteiger partial charge in [0.2, 0.25) is 0 Å². The molecule has 0 N–H and O–H groups in total. The number of benzene rings is 2. The van der Waals surface area contributed by atoms with Gasteiger partial charge in [-0.05, 0) is 73.9 Å². The SMILES string of the molecule is CCCCCC(=N\c1cccc(CC)c1)/C(CCCC)=N/c1cccc(CC)c1.[Ni]. The first-order valence-electron chi connectivity index (χ1n) is 11.5. The van der Waals surface area contributed by atoms with Crippen LogP contribution in [0, 0.1) is 0 Å². The fourth-order valence-corrected chi connectivity index (χ4v) is 3.42. The Morgan fingerprint density at radius 1 is 0.633 bits per heavy atom. The molecule has 2 rings (SSSR count). The number of nitrogens with zero attached hydrogens (tertiary/aromatic N) is 2. The molecule has 0 amide bonds. The molecule has 2 aromatic carbocycles. The molecular weight excluding hydrogens is 411 g/mol. The van der Waals surface area contributed by atoms with Crippen LogP contribution in [0.1, 0.15) is 83.8 Å². The van der Waals surface area contributed by atoms with Crippen molar-refractivity contribution < 1.29 is 16.5 Å². The Morgan fingerprint density at radius 2 is 1.10 bits per heavy atom. The van der Waals surface area contributed by atoms with Crippen LogP contribution in [0.2, 0.25) is 0 Å². The van der Waals surface area contributed by atoms with E-state index in [1.807, 2.05) is 0 Å². The van der Waals surface area contributed by atoms with Crippen LogP contribution in [0.5, 0.6) is 0 Å². The quantitative estimate of drug-likeness (QED) is 0.177. The molecule has 0 radical (unpaired) electrons. The smallest absolute Gasteiger partial charge is 0.0636 e. The molecule has 0 atom stereocenters. The summed E-state index contributed by atoms with van der Waals surface area (Å²) >= 11 is 0. The Bertz CT molecular complexity index is 808. The van der Waals surface area contributed by atoms with Crippen molar-refractivity contribution in [2.24, 2.45) is 9.98 Å². The van der Waals surface area contributed by atoms with Crippen LogP contribution in [-0.4, -0.2) is 11.4 Å². The molecule has 0 aliphatic rings. The van der Waals surface area contributed by atoms with Gasteiger partial charge in [-0.25, -0.2) is 0 Å². The van der Waals surface area contributed by atoms with Crippen LogP contribution in [0.3, 0.4) is 0 Å². The summed E-state index contributed by atoms with van der Waals surface area (Å²) in [5, 5.41) is 0. The molecule has 3 heteroatoms. The fourth-order valence-electron chi connectivity index (χ4n) is 3.42. The van der Waals surface area contributed by atoms with Crippen molar-refractivity contribution in [3.05, 3.63) is 59.7 Å². The molecule has 30 heavy (non-hydrogen) atoms. The minimum Gasteiger partial charge on any atom is -0.252 e. The maximum Gasteiger partial charge on any atom is 0.0636 e. The van der Waals surface area contributed by atoms with Crippen LogP contribution in [0.4, 0.5) is 11.4 Å². The number of unbranched alkanes of at least 4 members (excludes halogenated alkanes) is 3. The molecule has 0 bridgehead atoms. The average molecular weight is 449 g/mol. The van der Waals surface area contributed by atoms with Crippen molar-refractivity contribution in [1.82, 2.24) is 0 Å². The Balaban J connectivity index is 0.00000450. The number of aliphatic imine (C=N–C) groups is 2. The van der Waals surface area contributed by atoms with Gasteiger partial charge in [0.15, 0.2) is 0 Å². The fraction of sp³-hybridized carbons (Fsp3) is 0.481. The van der Waals surface area contributed by atoms with Gasteiger partial charge in [0.25, 0.3) is 0 Å². The Labute approximate surface area is 194 Å². The second-order valence-corrected chi connectivity index (χ2v) is 7.72. The summed E-state index contributed by atoms with van der Waals surface area (Å²) in [6.45, 7) is 8.89. The maximum atomic E-state index is 5.12. The Hall–Kier alpha value is -1.73. The predicted molar refractivity (Wildman–Crippen MR) is 129 cm³/mol. The van der Waals surface area contributed by atoms with Crippen molar-refractivity contribution in [1.29, 1.82) is 0 Å². The molecule has 0 spiro atoms. The van der Waals surface area contributed by atoms with Crippen molar-refractivity contribution in [3.8, 4) is 0 Å². The second-order valence-electron chi connectivity index (χ2n) is 7.72. The van der Waals surface area contributed by atoms with E-state index >= 15 is 0 Å². The normalized spacial score (nSPS) is 12.0. The molecule has 0 fully saturated rings. The molecule has 0 aliphatic heterocycles. The standard InChI is InChI=1S/C27H38N2.Ni/c1-5-9-11-19-27(29-25-17-13-15-23(8-4)21-25)26(18-10-6-2)28-24-16-12-14-22(7-3)20-24;/h12-17,20-21H,5-11,18-19H2,1-4H3;/b28-26+,29-27+;. The third-order valence-electron chi connectivity index (χ3n) is 5.28. The van der Waals surface area contributed by atoms with Gasteiger partial charge in [-0.3, -0.25) is 9.98 Å². The summed E-state index contributed by atoms with van der Waals surface area (Å²) in [6.07, 6.45) is 10.0. The minimum atomic E-state index is 0. The molecule has 0 saturated heterocycles. The van der Waals surface area contributed by atoms with E-state index in [1.165, 1.54) is 42.5 Å². The van der Waals surface area contributed by atoms with E-state index in [0.29, 0.717) is 0 Å². The zero-order valence-electron chi connectivity index (χ0n) is 19.2. The molecule has 0 aliphatic carbocycles. The van der Waals surface area contributed by atoms with Gasteiger partial charge in [-0.2, -0.15) is 0 Å². The summed E-state index contributed by atoms with van der Waals surface area (Å²) in [5.41, 5.74) is 7.12. The van der Waals surface area contributed by atoms with Crippen LogP contribution in [0.25, 0.3) is 0 Å². The van der Waals surface area contributed by atoms with Crippen LogP contribution >= 0.6 is 0 Å². The molecular formula is C27H38N2Ni. The van der Waals surface area contributed by atoms with Crippen LogP contribution < -0.4 is 0 Å². The molecule has 0 aromatic heterocycles. The van der Waals surface area contributed by atoms with E-state index in [4.69, 9.17) is 9.98 Å². The van der Waals surface area contributed by atoms with Gasteiger partial charge in [-0.15, -0.1) is 0 Å². The number of aryl methyl sites for hydroxylation is 2. The summed E-state index contributed by atoms with van der Waals surface area (Å²) in [6, 6.07) is 17.3. The number of hydrogen-bond acceptors (Lipinski definition) is 2. The molecule has 0 saturated carbocycles. The van der Waals surface area contributed by atoms with Gasteiger partial charge in [0, 0.05) is 16.5 Å². The van der Waals surface area contributed by atoms with Crippen molar-refractivity contribution in [2.75, 3.05) is 0 Å². The number of hydrogen-bond donors (Lipinski definition) is 0. The van der Waals surface area contributed by atoms with E-state index in [-0.39, 0.29) is 16.5 Å². The molecule has 166 valence electrons. The average Bonchev–Trinajstić information content (AvgIpc) is 2.76. The zero-order chi connectivity index (χ0) is 20.9. The van der Waals surface area contributed by atoms with Gasteiger partial charge in [0.1, 0.15) is 0 Å². The van der Waals surface area contributed by atoms with Gasteiger partial charge < -0.3 is 0 Å². The molecule has 0 unspecified atom stereocenters. The Morgan fingerprint density at radius 3 is 1.53 bits per heavy atom. The molecule has 0 heterocycles. The topological polar surface area (TPSA) is 24.7 Å². The van der Waals surface area contributed by atoms with Crippen molar-refractivity contribution >= 4 is 22.8 Å². The van der Waals surface area contributed by atoms with Gasteiger partial charge in [-0.1, -0.05) is 71.2 Å². The summed E-state index contributed by atoms with van der Waals surface area (Å²) in [4.78, 5) is 10.2. The first-order valence-corrected chi connectivity index (χ1v) is 11.5. The summed E-state index contributed by atoms with van der Waals surface area (Å²) in [5.74, 6) is 0. The van der Waals surface area contributed by atoms with Crippen LogP contribution in [-0.2, 0) is 29.3 Å². The van der Waals surface area contributed by atoms with E-state index in [0.717, 1.165) is 49.2 Å². The first-order chi connectivity index (χ1) is 14.2. The van der Waals surface area contributed by atoms with Crippen LogP contribution in [0.15, 0.2) is 58.5 Å². The summed E-state index contributed by atoms with van der Waals surface area (Å²) < 4.78 is 0. The number of rotatable bonds is 12. The molecule has 2 nitrogen and oxygen atoms in total. The van der Waals surface area contributed by atoms with E-state index in [2.05, 4.69) is 76.2 Å². The van der Waals surface area contributed by atoms with E-state index in [9.17, 15) is 0 Å². The third kappa shape index (κ3) is 8.96. The molecule has 2 aromatic rings. The maximum absolute atomic E-state index is 5.12. The van der Waals surface area contributed by atoms with E-state index in [1.54, 1.807) is 0 Å². The van der Waals surface area contributed by atoms with Crippen molar-refractivity contribution in [3.63, 3.8) is 0 Å². The minimum absolute atomic E-state index is 0. The van der Waals surface area contributed by atoms with Gasteiger partial charge >= 0.3 is 0 Å². The predicted octanol–water partition coefficient (Wildman–Crippen LogP) is 8.42. The first kappa shape index (κ1) is 26.3.